The standard InChI is InChI=1S/C14H22FN3/c1-12(16-2)11-17-7-9-18(10-8-17)14-6-4-3-5-13(14)15/h3-6,12,16H,7-11H2,1-2H3. The van der Waals surface area contributed by atoms with Gasteiger partial charge in [0.25, 0.3) is 0 Å². The predicted molar refractivity (Wildman–Crippen MR) is 73.6 cm³/mol. The number of piperazine rings is 1. The van der Waals surface area contributed by atoms with Gasteiger partial charge in [-0.15, -0.1) is 0 Å². The Morgan fingerprint density at radius 2 is 1.89 bits per heavy atom. The zero-order valence-electron chi connectivity index (χ0n) is 11.2. The average Bonchev–Trinajstić information content (AvgIpc) is 2.40. The predicted octanol–water partition coefficient (Wildman–Crippen LogP) is 1.56. The van der Waals surface area contributed by atoms with Gasteiger partial charge in [0.15, 0.2) is 0 Å². The molecule has 18 heavy (non-hydrogen) atoms. The number of halogens is 1. The van der Waals surface area contributed by atoms with Crippen molar-refractivity contribution in [3.63, 3.8) is 0 Å². The lowest BCUT2D eigenvalue weighted by Crippen LogP contribution is -2.50. The summed E-state index contributed by atoms with van der Waals surface area (Å²) in [5.41, 5.74) is 0.735. The number of hydrogen-bond donors (Lipinski definition) is 1. The summed E-state index contributed by atoms with van der Waals surface area (Å²) in [6, 6.07) is 7.54. The molecule has 1 N–H and O–H groups in total. The summed E-state index contributed by atoms with van der Waals surface area (Å²) in [6.45, 7) is 7.04. The highest BCUT2D eigenvalue weighted by Gasteiger charge is 2.19. The Labute approximate surface area is 109 Å². The van der Waals surface area contributed by atoms with Crippen LogP contribution < -0.4 is 10.2 Å². The minimum Gasteiger partial charge on any atom is -0.367 e. The van der Waals surface area contributed by atoms with Crippen LogP contribution >= 0.6 is 0 Å². The summed E-state index contributed by atoms with van der Waals surface area (Å²) in [6.07, 6.45) is 0. The summed E-state index contributed by atoms with van der Waals surface area (Å²) in [4.78, 5) is 4.56. The molecule has 0 bridgehead atoms. The molecule has 2 rings (SSSR count). The van der Waals surface area contributed by atoms with Gasteiger partial charge < -0.3 is 10.2 Å². The number of para-hydroxylation sites is 1. The van der Waals surface area contributed by atoms with Gasteiger partial charge in [-0.2, -0.15) is 0 Å². The lowest BCUT2D eigenvalue weighted by molar-refractivity contribution is 0.237. The Morgan fingerprint density at radius 3 is 2.50 bits per heavy atom. The highest BCUT2D eigenvalue weighted by atomic mass is 19.1. The molecule has 0 amide bonds. The molecule has 0 aliphatic carbocycles. The maximum absolute atomic E-state index is 13.7. The topological polar surface area (TPSA) is 18.5 Å². The van der Waals surface area contributed by atoms with Crippen molar-refractivity contribution in [2.75, 3.05) is 44.7 Å². The maximum Gasteiger partial charge on any atom is 0.146 e. The van der Waals surface area contributed by atoms with E-state index in [-0.39, 0.29) is 5.82 Å². The molecule has 0 aromatic heterocycles. The molecule has 1 saturated heterocycles. The molecule has 100 valence electrons. The van der Waals surface area contributed by atoms with Crippen LogP contribution in [0.3, 0.4) is 0 Å². The zero-order valence-corrected chi connectivity index (χ0v) is 11.2. The summed E-state index contributed by atoms with van der Waals surface area (Å²) in [5.74, 6) is -0.116. The van der Waals surface area contributed by atoms with Gasteiger partial charge in [-0.05, 0) is 26.1 Å². The second-order valence-electron chi connectivity index (χ2n) is 4.93. The van der Waals surface area contributed by atoms with Gasteiger partial charge in [0, 0.05) is 38.8 Å². The van der Waals surface area contributed by atoms with Crippen molar-refractivity contribution in [1.82, 2.24) is 10.2 Å². The number of likely N-dealkylation sites (N-methyl/N-ethyl adjacent to an activating group) is 1. The Hall–Kier alpha value is -1.13. The lowest BCUT2D eigenvalue weighted by atomic mass is 10.2. The van der Waals surface area contributed by atoms with Crippen molar-refractivity contribution in [3.8, 4) is 0 Å². The van der Waals surface area contributed by atoms with Crippen molar-refractivity contribution in [2.24, 2.45) is 0 Å². The number of rotatable bonds is 4. The van der Waals surface area contributed by atoms with Crippen LogP contribution in [0.25, 0.3) is 0 Å². The third kappa shape index (κ3) is 3.21. The fourth-order valence-corrected chi connectivity index (χ4v) is 2.36. The molecule has 1 aromatic rings. The summed E-state index contributed by atoms with van der Waals surface area (Å²) >= 11 is 0. The van der Waals surface area contributed by atoms with Crippen LogP contribution in [-0.2, 0) is 0 Å². The van der Waals surface area contributed by atoms with Crippen molar-refractivity contribution in [1.29, 1.82) is 0 Å². The van der Waals surface area contributed by atoms with Crippen LogP contribution in [-0.4, -0.2) is 50.7 Å². The van der Waals surface area contributed by atoms with Crippen LogP contribution in [0.4, 0.5) is 10.1 Å². The summed E-state index contributed by atoms with van der Waals surface area (Å²) in [5, 5.41) is 3.25. The van der Waals surface area contributed by atoms with Crippen molar-refractivity contribution in [2.45, 2.75) is 13.0 Å². The van der Waals surface area contributed by atoms with Crippen LogP contribution in [0.5, 0.6) is 0 Å². The van der Waals surface area contributed by atoms with E-state index < -0.39 is 0 Å². The van der Waals surface area contributed by atoms with Gasteiger partial charge >= 0.3 is 0 Å². The second kappa shape index (κ2) is 6.16. The first-order valence-corrected chi connectivity index (χ1v) is 6.60. The number of hydrogen-bond acceptors (Lipinski definition) is 3. The average molecular weight is 251 g/mol. The number of anilines is 1. The molecule has 3 nitrogen and oxygen atoms in total. The van der Waals surface area contributed by atoms with Gasteiger partial charge in [0.2, 0.25) is 0 Å². The molecule has 4 heteroatoms. The highest BCUT2D eigenvalue weighted by Crippen LogP contribution is 2.20. The van der Waals surface area contributed by atoms with Gasteiger partial charge in [0.1, 0.15) is 5.82 Å². The molecule has 1 aliphatic heterocycles. The molecular weight excluding hydrogens is 229 g/mol. The van der Waals surface area contributed by atoms with Crippen LogP contribution in [0.15, 0.2) is 24.3 Å². The van der Waals surface area contributed by atoms with Crippen molar-refractivity contribution >= 4 is 5.69 Å². The highest BCUT2D eigenvalue weighted by molar-refractivity contribution is 5.47. The van der Waals surface area contributed by atoms with E-state index in [4.69, 9.17) is 0 Å². The van der Waals surface area contributed by atoms with Crippen LogP contribution in [0.1, 0.15) is 6.92 Å². The van der Waals surface area contributed by atoms with Gasteiger partial charge in [-0.3, -0.25) is 4.90 Å². The van der Waals surface area contributed by atoms with E-state index in [0.717, 1.165) is 38.4 Å². The fraction of sp³-hybridized carbons (Fsp3) is 0.571. The van der Waals surface area contributed by atoms with Gasteiger partial charge in [-0.1, -0.05) is 12.1 Å². The second-order valence-corrected chi connectivity index (χ2v) is 4.93. The fourth-order valence-electron chi connectivity index (χ4n) is 2.36. The molecule has 0 spiro atoms. The van der Waals surface area contributed by atoms with E-state index in [1.54, 1.807) is 6.07 Å². The van der Waals surface area contributed by atoms with E-state index in [0.29, 0.717) is 6.04 Å². The molecule has 0 saturated carbocycles. The first-order chi connectivity index (χ1) is 8.70. The van der Waals surface area contributed by atoms with E-state index >= 15 is 0 Å². The first-order valence-electron chi connectivity index (χ1n) is 6.60. The Morgan fingerprint density at radius 1 is 1.22 bits per heavy atom. The van der Waals surface area contributed by atoms with Gasteiger partial charge in [-0.25, -0.2) is 4.39 Å². The minimum absolute atomic E-state index is 0.116. The lowest BCUT2D eigenvalue weighted by Gasteiger charge is -2.37. The monoisotopic (exact) mass is 251 g/mol. The molecule has 1 aliphatic rings. The van der Waals surface area contributed by atoms with Crippen LogP contribution in [0.2, 0.25) is 0 Å². The molecule has 1 unspecified atom stereocenters. The molecule has 0 radical (unpaired) electrons. The maximum atomic E-state index is 13.7. The summed E-state index contributed by atoms with van der Waals surface area (Å²) < 4.78 is 13.7. The Balaban J connectivity index is 1.89. The van der Waals surface area contributed by atoms with Crippen molar-refractivity contribution in [3.05, 3.63) is 30.1 Å². The van der Waals surface area contributed by atoms with Crippen LogP contribution in [0, 0.1) is 5.82 Å². The minimum atomic E-state index is -0.116. The number of nitrogens with zero attached hydrogens (tertiary/aromatic N) is 2. The quantitative estimate of drug-likeness (QED) is 0.876. The van der Waals surface area contributed by atoms with E-state index in [1.807, 2.05) is 19.2 Å². The summed E-state index contributed by atoms with van der Waals surface area (Å²) in [7, 11) is 1.99. The third-order valence-corrected chi connectivity index (χ3v) is 3.59. The molecular formula is C14H22FN3. The van der Waals surface area contributed by atoms with E-state index in [9.17, 15) is 4.39 Å². The largest absolute Gasteiger partial charge is 0.367 e. The van der Waals surface area contributed by atoms with E-state index in [2.05, 4.69) is 22.0 Å². The molecule has 1 atom stereocenters. The third-order valence-electron chi connectivity index (χ3n) is 3.59. The number of benzene rings is 1. The molecule has 1 aromatic carbocycles. The smallest absolute Gasteiger partial charge is 0.146 e. The van der Waals surface area contributed by atoms with E-state index in [1.165, 1.54) is 6.07 Å². The Kier molecular flexibility index (Phi) is 4.55. The SMILES string of the molecule is CNC(C)CN1CCN(c2ccccc2F)CC1. The molecule has 1 heterocycles. The molecule has 1 fully saturated rings. The zero-order chi connectivity index (χ0) is 13.0. The number of nitrogens with one attached hydrogen (secondary N) is 1. The van der Waals surface area contributed by atoms with Gasteiger partial charge in [0.05, 0.1) is 5.69 Å². The first kappa shape index (κ1) is 13.3. The normalized spacial score (nSPS) is 18.9. The Bertz CT molecular complexity index is 375. The van der Waals surface area contributed by atoms with Crippen molar-refractivity contribution < 1.29 is 4.39 Å².